The summed E-state index contributed by atoms with van der Waals surface area (Å²) in [5, 5.41) is 7.51. The lowest BCUT2D eigenvalue weighted by molar-refractivity contribution is 0.121. The third-order valence-electron chi connectivity index (χ3n) is 5.32. The first kappa shape index (κ1) is 20.4. The van der Waals surface area contributed by atoms with Crippen LogP contribution in [0.4, 0.5) is 10.5 Å². The highest BCUT2D eigenvalue weighted by molar-refractivity contribution is 5.91. The molecule has 1 atom stereocenters. The molecule has 4 aromatic rings. The van der Waals surface area contributed by atoms with Crippen LogP contribution < -0.4 is 5.32 Å². The molecule has 3 aromatic carbocycles. The van der Waals surface area contributed by atoms with Gasteiger partial charge in [0.1, 0.15) is 11.8 Å². The molecule has 31 heavy (non-hydrogen) atoms. The van der Waals surface area contributed by atoms with E-state index in [9.17, 15) is 4.79 Å². The van der Waals surface area contributed by atoms with Crippen molar-refractivity contribution in [1.82, 2.24) is 9.78 Å². The minimum Gasteiger partial charge on any atom is -0.441 e. The lowest BCUT2D eigenvalue weighted by Gasteiger charge is -2.14. The molecule has 5 nitrogen and oxygen atoms in total. The average molecular weight is 410 g/mol. The van der Waals surface area contributed by atoms with Crippen molar-refractivity contribution in [1.29, 1.82) is 0 Å². The van der Waals surface area contributed by atoms with Gasteiger partial charge in [0, 0.05) is 12.6 Å². The average Bonchev–Trinajstić information content (AvgIpc) is 3.08. The standard InChI is InChI=1S/C26H24N3O2/c1-18-24(27-26(30)31-19(2)20-10-6-4-7-11-20)25(28-29(18)3)23-16-14-22(15-17-23)21-12-8-5-9-13-21/h4,6-17,19H,1-3H3,(H,27,30)/t19-/m1/s1. The molecule has 0 saturated heterocycles. The van der Waals surface area contributed by atoms with Crippen molar-refractivity contribution in [2.24, 2.45) is 7.05 Å². The molecule has 0 fully saturated rings. The molecule has 0 aliphatic heterocycles. The Labute approximate surface area is 182 Å². The number of hydrogen-bond donors (Lipinski definition) is 1. The predicted molar refractivity (Wildman–Crippen MR) is 123 cm³/mol. The molecule has 0 saturated carbocycles. The van der Waals surface area contributed by atoms with Crippen LogP contribution in [-0.4, -0.2) is 15.9 Å². The van der Waals surface area contributed by atoms with Gasteiger partial charge in [-0.2, -0.15) is 5.10 Å². The summed E-state index contributed by atoms with van der Waals surface area (Å²) in [6, 6.07) is 28.7. The number of amides is 1. The van der Waals surface area contributed by atoms with Crippen molar-refractivity contribution in [3.8, 4) is 22.4 Å². The molecule has 1 amide bonds. The van der Waals surface area contributed by atoms with E-state index >= 15 is 0 Å². The Morgan fingerprint density at radius 1 is 0.968 bits per heavy atom. The Kier molecular flexibility index (Phi) is 5.85. The summed E-state index contributed by atoms with van der Waals surface area (Å²) in [6.45, 7) is 3.77. The maximum Gasteiger partial charge on any atom is 0.412 e. The van der Waals surface area contributed by atoms with Crippen LogP contribution in [0.3, 0.4) is 0 Å². The molecule has 1 radical (unpaired) electrons. The fourth-order valence-corrected chi connectivity index (χ4v) is 3.44. The number of nitrogens with one attached hydrogen (secondary N) is 1. The fraction of sp³-hybridized carbons (Fsp3) is 0.154. The van der Waals surface area contributed by atoms with Gasteiger partial charge in [0.05, 0.1) is 11.4 Å². The second-order valence-electron chi connectivity index (χ2n) is 7.38. The van der Waals surface area contributed by atoms with Crippen molar-refractivity contribution < 1.29 is 9.53 Å². The lowest BCUT2D eigenvalue weighted by Crippen LogP contribution is -2.16. The Bertz CT molecular complexity index is 1170. The molecular formula is C26H24N3O2. The van der Waals surface area contributed by atoms with Gasteiger partial charge in [0.25, 0.3) is 0 Å². The van der Waals surface area contributed by atoms with Crippen LogP contribution >= 0.6 is 0 Å². The predicted octanol–water partition coefficient (Wildman–Crippen LogP) is 6.17. The largest absolute Gasteiger partial charge is 0.441 e. The summed E-state index contributed by atoms with van der Waals surface area (Å²) in [5.41, 5.74) is 6.29. The molecule has 5 heteroatoms. The van der Waals surface area contributed by atoms with Crippen LogP contribution in [-0.2, 0) is 11.8 Å². The first-order chi connectivity index (χ1) is 15.0. The van der Waals surface area contributed by atoms with E-state index < -0.39 is 6.09 Å². The SMILES string of the molecule is Cc1c(NC(=O)O[C@H](C)c2ccccc2)c(-c2ccc(-c3cc[c]cc3)cc2)nn1C. The Balaban J connectivity index is 1.55. The topological polar surface area (TPSA) is 56.1 Å². The van der Waals surface area contributed by atoms with Gasteiger partial charge in [0.2, 0.25) is 0 Å². The molecule has 155 valence electrons. The van der Waals surface area contributed by atoms with Gasteiger partial charge in [-0.25, -0.2) is 4.79 Å². The van der Waals surface area contributed by atoms with Crippen molar-refractivity contribution in [2.75, 3.05) is 5.32 Å². The maximum atomic E-state index is 12.6. The van der Waals surface area contributed by atoms with E-state index in [4.69, 9.17) is 4.74 Å². The molecule has 0 unspecified atom stereocenters. The molecule has 1 heterocycles. The number of hydrogen-bond acceptors (Lipinski definition) is 3. The van der Waals surface area contributed by atoms with Crippen molar-refractivity contribution in [2.45, 2.75) is 20.0 Å². The number of rotatable bonds is 5. The highest BCUT2D eigenvalue weighted by Crippen LogP contribution is 2.32. The number of benzene rings is 3. The van der Waals surface area contributed by atoms with E-state index in [2.05, 4.69) is 16.5 Å². The van der Waals surface area contributed by atoms with E-state index in [1.807, 2.05) is 99.8 Å². The first-order valence-electron chi connectivity index (χ1n) is 10.2. The number of carbonyl (C=O) groups is 1. The Morgan fingerprint density at radius 2 is 1.58 bits per heavy atom. The number of nitrogens with zero attached hydrogens (tertiary/aromatic N) is 2. The smallest absolute Gasteiger partial charge is 0.412 e. The zero-order valence-electron chi connectivity index (χ0n) is 17.8. The summed E-state index contributed by atoms with van der Waals surface area (Å²) in [5.74, 6) is 0. The van der Waals surface area contributed by atoms with Crippen molar-refractivity contribution in [3.63, 3.8) is 0 Å². The van der Waals surface area contributed by atoms with Gasteiger partial charge in [0.15, 0.2) is 0 Å². The number of aryl methyl sites for hydroxylation is 1. The van der Waals surface area contributed by atoms with Gasteiger partial charge in [-0.15, -0.1) is 0 Å². The van der Waals surface area contributed by atoms with Crippen LogP contribution in [0.5, 0.6) is 0 Å². The lowest BCUT2D eigenvalue weighted by atomic mass is 10.0. The molecule has 0 aliphatic carbocycles. The zero-order valence-corrected chi connectivity index (χ0v) is 17.8. The second-order valence-corrected chi connectivity index (χ2v) is 7.38. The highest BCUT2D eigenvalue weighted by Gasteiger charge is 2.19. The quantitative estimate of drug-likeness (QED) is 0.428. The molecular weight excluding hydrogens is 386 g/mol. The van der Waals surface area contributed by atoms with Gasteiger partial charge in [-0.05, 0) is 36.6 Å². The number of carbonyl (C=O) groups excluding carboxylic acids is 1. The van der Waals surface area contributed by atoms with Crippen LogP contribution in [0.15, 0.2) is 78.9 Å². The van der Waals surface area contributed by atoms with Crippen molar-refractivity contribution in [3.05, 3.63) is 96.2 Å². The monoisotopic (exact) mass is 410 g/mol. The fourth-order valence-electron chi connectivity index (χ4n) is 3.44. The normalized spacial score (nSPS) is 11.7. The minimum atomic E-state index is -0.508. The van der Waals surface area contributed by atoms with Crippen molar-refractivity contribution >= 4 is 11.8 Å². The Morgan fingerprint density at radius 3 is 2.26 bits per heavy atom. The summed E-state index contributed by atoms with van der Waals surface area (Å²) < 4.78 is 7.34. The van der Waals surface area contributed by atoms with Crippen LogP contribution in [0.2, 0.25) is 0 Å². The molecule has 0 bridgehead atoms. The van der Waals surface area contributed by atoms with E-state index in [1.54, 1.807) is 4.68 Å². The molecule has 1 N–H and O–H groups in total. The zero-order chi connectivity index (χ0) is 21.8. The van der Waals surface area contributed by atoms with E-state index in [0.29, 0.717) is 11.4 Å². The van der Waals surface area contributed by atoms with Gasteiger partial charge in [-0.3, -0.25) is 10.00 Å². The Hall–Kier alpha value is -3.86. The molecule has 1 aromatic heterocycles. The molecule has 0 aliphatic rings. The molecule has 0 spiro atoms. The summed E-state index contributed by atoms with van der Waals surface area (Å²) >= 11 is 0. The van der Waals surface area contributed by atoms with E-state index in [-0.39, 0.29) is 6.10 Å². The van der Waals surface area contributed by atoms with E-state index in [1.165, 1.54) is 0 Å². The summed E-state index contributed by atoms with van der Waals surface area (Å²) in [6.07, 6.45) is -0.866. The number of anilines is 1. The number of aromatic nitrogens is 2. The van der Waals surface area contributed by atoms with Gasteiger partial charge in [-0.1, -0.05) is 78.9 Å². The van der Waals surface area contributed by atoms with Gasteiger partial charge < -0.3 is 4.74 Å². The second kappa shape index (κ2) is 8.88. The van der Waals surface area contributed by atoms with E-state index in [0.717, 1.165) is 27.9 Å². The van der Waals surface area contributed by atoms with Gasteiger partial charge >= 0.3 is 6.09 Å². The number of ether oxygens (including phenoxy) is 1. The molecule has 4 rings (SSSR count). The third kappa shape index (κ3) is 4.51. The summed E-state index contributed by atoms with van der Waals surface area (Å²) in [7, 11) is 1.86. The minimum absolute atomic E-state index is 0.357. The van der Waals surface area contributed by atoms with Crippen LogP contribution in [0.25, 0.3) is 22.4 Å². The first-order valence-corrected chi connectivity index (χ1v) is 10.2. The maximum absolute atomic E-state index is 12.6. The highest BCUT2D eigenvalue weighted by atomic mass is 16.6. The third-order valence-corrected chi connectivity index (χ3v) is 5.32. The van der Waals surface area contributed by atoms with Crippen LogP contribution in [0, 0.1) is 13.0 Å². The van der Waals surface area contributed by atoms with Crippen LogP contribution in [0.1, 0.15) is 24.3 Å². The summed E-state index contributed by atoms with van der Waals surface area (Å²) in [4.78, 5) is 12.6.